The predicted octanol–water partition coefficient (Wildman–Crippen LogP) is 2.34. The maximum Gasteiger partial charge on any atom is 0.0383 e. The van der Waals surface area contributed by atoms with E-state index >= 15 is 0 Å². The molecule has 0 saturated heterocycles. The zero-order valence-corrected chi connectivity index (χ0v) is 11.8. The zero-order chi connectivity index (χ0) is 12.1. The van der Waals surface area contributed by atoms with Gasteiger partial charge in [0.1, 0.15) is 0 Å². The van der Waals surface area contributed by atoms with Crippen molar-refractivity contribution in [3.63, 3.8) is 0 Å². The van der Waals surface area contributed by atoms with E-state index in [0.29, 0.717) is 6.04 Å². The van der Waals surface area contributed by atoms with E-state index in [0.717, 1.165) is 24.1 Å². The molecule has 0 saturated carbocycles. The molecule has 0 aliphatic heterocycles. The van der Waals surface area contributed by atoms with Gasteiger partial charge < -0.3 is 5.32 Å². The molecular formula is C13H25NOS. The molecule has 4 atom stereocenters. The minimum Gasteiger partial charge on any atom is -0.313 e. The molecule has 1 N–H and O–H groups in total. The predicted molar refractivity (Wildman–Crippen MR) is 72.0 cm³/mol. The highest BCUT2D eigenvalue weighted by Gasteiger charge is 2.18. The van der Waals surface area contributed by atoms with Crippen molar-refractivity contribution in [1.82, 2.24) is 5.32 Å². The monoisotopic (exact) mass is 243 g/mol. The van der Waals surface area contributed by atoms with E-state index in [1.54, 1.807) is 6.26 Å². The van der Waals surface area contributed by atoms with Crippen molar-refractivity contribution in [1.29, 1.82) is 0 Å². The third kappa shape index (κ3) is 5.26. The van der Waals surface area contributed by atoms with Crippen molar-refractivity contribution in [3.8, 4) is 0 Å². The largest absolute Gasteiger partial charge is 0.313 e. The van der Waals surface area contributed by atoms with Crippen LogP contribution in [-0.4, -0.2) is 28.8 Å². The van der Waals surface area contributed by atoms with Gasteiger partial charge in [0.05, 0.1) is 0 Å². The van der Waals surface area contributed by atoms with Crippen molar-refractivity contribution >= 4 is 10.8 Å². The number of hydrogen-bond donors (Lipinski definition) is 1. The molecule has 94 valence electrons. The van der Waals surface area contributed by atoms with Crippen LogP contribution >= 0.6 is 0 Å². The summed E-state index contributed by atoms with van der Waals surface area (Å²) in [6.07, 6.45) is 6.67. The van der Waals surface area contributed by atoms with Crippen molar-refractivity contribution in [2.24, 2.45) is 11.8 Å². The first-order chi connectivity index (χ1) is 7.47. The quantitative estimate of drug-likeness (QED) is 0.751. The van der Waals surface area contributed by atoms with Gasteiger partial charge in [0.25, 0.3) is 0 Å². The molecule has 0 bridgehead atoms. The molecule has 1 rings (SSSR count). The number of nitrogens with one attached hydrogen (secondary N) is 1. The summed E-state index contributed by atoms with van der Waals surface area (Å²) < 4.78 is 11.1. The lowest BCUT2D eigenvalue weighted by Gasteiger charge is -2.27. The van der Waals surface area contributed by atoms with Crippen LogP contribution in [0.5, 0.6) is 0 Å². The minimum absolute atomic E-state index is 0.368. The Labute approximate surface area is 102 Å². The van der Waals surface area contributed by atoms with E-state index in [2.05, 4.69) is 32.2 Å². The second-order valence-electron chi connectivity index (χ2n) is 5.35. The molecule has 0 radical (unpaired) electrons. The van der Waals surface area contributed by atoms with Crippen LogP contribution in [0.2, 0.25) is 0 Å². The van der Waals surface area contributed by atoms with Gasteiger partial charge in [0.2, 0.25) is 0 Å². The summed E-state index contributed by atoms with van der Waals surface area (Å²) in [5.41, 5.74) is 1.53. The van der Waals surface area contributed by atoms with Crippen LogP contribution in [-0.2, 0) is 10.8 Å². The van der Waals surface area contributed by atoms with Gasteiger partial charge in [-0.25, -0.2) is 0 Å². The van der Waals surface area contributed by atoms with Crippen LogP contribution in [0.15, 0.2) is 11.6 Å². The van der Waals surface area contributed by atoms with Crippen molar-refractivity contribution < 1.29 is 4.21 Å². The van der Waals surface area contributed by atoms with Crippen LogP contribution < -0.4 is 5.32 Å². The first-order valence-corrected chi connectivity index (χ1v) is 7.90. The van der Waals surface area contributed by atoms with E-state index in [1.165, 1.54) is 18.4 Å². The fourth-order valence-corrected chi connectivity index (χ4v) is 3.44. The molecule has 3 heteroatoms. The van der Waals surface area contributed by atoms with E-state index in [1.807, 2.05) is 0 Å². The highest BCUT2D eigenvalue weighted by Crippen LogP contribution is 2.27. The Bertz CT molecular complexity index is 275. The van der Waals surface area contributed by atoms with Gasteiger partial charge in [-0.15, -0.1) is 0 Å². The maximum absolute atomic E-state index is 11.1. The number of allylic oxidation sites excluding steroid dienone is 2. The second kappa shape index (κ2) is 6.55. The van der Waals surface area contributed by atoms with Gasteiger partial charge in [-0.2, -0.15) is 0 Å². The van der Waals surface area contributed by atoms with Crippen LogP contribution in [0.25, 0.3) is 0 Å². The smallest absolute Gasteiger partial charge is 0.0383 e. The Balaban J connectivity index is 2.28. The van der Waals surface area contributed by atoms with E-state index < -0.39 is 10.8 Å². The molecule has 1 aliphatic carbocycles. The Morgan fingerprint density at radius 2 is 2.31 bits per heavy atom. The molecule has 0 heterocycles. The van der Waals surface area contributed by atoms with Gasteiger partial charge in [-0.1, -0.05) is 18.6 Å². The SMILES string of the molecule is CC1=CC(C)CC(CNC(C)CS(C)=O)C1. The van der Waals surface area contributed by atoms with E-state index in [9.17, 15) is 4.21 Å². The molecule has 0 aromatic carbocycles. The molecule has 0 spiro atoms. The van der Waals surface area contributed by atoms with Crippen molar-refractivity contribution in [2.45, 2.75) is 39.7 Å². The lowest BCUT2D eigenvalue weighted by Crippen LogP contribution is -2.36. The highest BCUT2D eigenvalue weighted by atomic mass is 32.2. The third-order valence-corrected chi connectivity index (χ3v) is 4.09. The lowest BCUT2D eigenvalue weighted by atomic mass is 9.83. The number of rotatable bonds is 5. The van der Waals surface area contributed by atoms with Crippen LogP contribution in [0.4, 0.5) is 0 Å². The van der Waals surface area contributed by atoms with Gasteiger partial charge in [0, 0.05) is 28.9 Å². The summed E-state index contributed by atoms with van der Waals surface area (Å²) in [4.78, 5) is 0. The molecule has 2 nitrogen and oxygen atoms in total. The second-order valence-corrected chi connectivity index (χ2v) is 6.83. The maximum atomic E-state index is 11.1. The average molecular weight is 243 g/mol. The zero-order valence-electron chi connectivity index (χ0n) is 11.0. The minimum atomic E-state index is -0.690. The van der Waals surface area contributed by atoms with Crippen molar-refractivity contribution in [2.75, 3.05) is 18.6 Å². The highest BCUT2D eigenvalue weighted by molar-refractivity contribution is 7.84. The number of hydrogen-bond acceptors (Lipinski definition) is 2. The van der Waals surface area contributed by atoms with Gasteiger partial charge in [-0.3, -0.25) is 4.21 Å². The van der Waals surface area contributed by atoms with Gasteiger partial charge in [0.15, 0.2) is 0 Å². The van der Waals surface area contributed by atoms with E-state index in [4.69, 9.17) is 0 Å². The molecular weight excluding hydrogens is 218 g/mol. The summed E-state index contributed by atoms with van der Waals surface area (Å²) in [5, 5.41) is 3.50. The summed E-state index contributed by atoms with van der Waals surface area (Å²) in [6, 6.07) is 0.368. The molecule has 16 heavy (non-hydrogen) atoms. The average Bonchev–Trinajstić information content (AvgIpc) is 2.12. The molecule has 0 aromatic rings. The topological polar surface area (TPSA) is 29.1 Å². The summed E-state index contributed by atoms with van der Waals surface area (Å²) in [7, 11) is -0.690. The Hall–Kier alpha value is -0.150. The molecule has 4 unspecified atom stereocenters. The summed E-state index contributed by atoms with van der Waals surface area (Å²) >= 11 is 0. The van der Waals surface area contributed by atoms with Crippen LogP contribution in [0.3, 0.4) is 0 Å². The fourth-order valence-electron chi connectivity index (χ4n) is 2.62. The first-order valence-electron chi connectivity index (χ1n) is 6.18. The third-order valence-electron chi connectivity index (χ3n) is 3.12. The first kappa shape index (κ1) is 13.9. The van der Waals surface area contributed by atoms with Gasteiger partial charge >= 0.3 is 0 Å². The Morgan fingerprint density at radius 1 is 1.62 bits per heavy atom. The van der Waals surface area contributed by atoms with Crippen LogP contribution in [0.1, 0.15) is 33.6 Å². The Morgan fingerprint density at radius 3 is 2.88 bits per heavy atom. The Kier molecular flexibility index (Phi) is 5.70. The van der Waals surface area contributed by atoms with Crippen LogP contribution in [0, 0.1) is 11.8 Å². The lowest BCUT2D eigenvalue weighted by molar-refractivity contribution is 0.370. The standard InChI is InChI=1S/C13H25NOS/c1-10-5-11(2)7-13(6-10)8-14-12(3)9-16(4)15/h5,10,12-14H,6-9H2,1-4H3. The van der Waals surface area contributed by atoms with E-state index in [-0.39, 0.29) is 0 Å². The van der Waals surface area contributed by atoms with Gasteiger partial charge in [-0.05, 0) is 45.1 Å². The fraction of sp³-hybridized carbons (Fsp3) is 0.846. The summed E-state index contributed by atoms with van der Waals surface area (Å²) in [5.74, 6) is 2.24. The summed E-state index contributed by atoms with van der Waals surface area (Å²) in [6.45, 7) is 7.71. The molecule has 0 amide bonds. The van der Waals surface area contributed by atoms with Crippen molar-refractivity contribution in [3.05, 3.63) is 11.6 Å². The molecule has 0 fully saturated rings. The normalized spacial score (nSPS) is 29.6. The molecule has 1 aliphatic rings. The molecule has 0 aromatic heterocycles.